The molecule has 0 radical (unpaired) electrons. The van der Waals surface area contributed by atoms with Crippen molar-refractivity contribution in [2.24, 2.45) is 10.2 Å². The summed E-state index contributed by atoms with van der Waals surface area (Å²) >= 11 is 0. The molecule has 16 heteroatoms. The van der Waals surface area contributed by atoms with E-state index in [-0.39, 0.29) is 61.9 Å². The fourth-order valence-corrected chi connectivity index (χ4v) is 7.07. The monoisotopic (exact) mass is 994 g/mol. The quantitative estimate of drug-likeness (QED) is 0.0413. The van der Waals surface area contributed by atoms with Crippen LogP contribution in [0.3, 0.4) is 0 Å². The first-order valence-electron chi connectivity index (χ1n) is 22.8. The summed E-state index contributed by atoms with van der Waals surface area (Å²) in [6.07, 6.45) is 0. The van der Waals surface area contributed by atoms with Gasteiger partial charge in [-0.2, -0.15) is 10.2 Å². The van der Waals surface area contributed by atoms with E-state index in [0.29, 0.717) is 45.9 Å². The van der Waals surface area contributed by atoms with E-state index in [0.717, 1.165) is 33.4 Å². The van der Waals surface area contributed by atoms with Crippen molar-refractivity contribution in [1.29, 1.82) is 0 Å². The molecule has 0 aliphatic rings. The molecule has 0 aromatic heterocycles. The number of carbonyl (C=O) groups is 4. The lowest BCUT2D eigenvalue weighted by Gasteiger charge is -2.14. The highest BCUT2D eigenvalue weighted by molar-refractivity contribution is 5.89. The molecule has 8 aromatic carbocycles. The van der Waals surface area contributed by atoms with Crippen molar-refractivity contribution >= 4 is 35.3 Å². The van der Waals surface area contributed by atoms with E-state index in [9.17, 15) is 39.6 Å². The molecule has 0 fully saturated rings. The molecule has 0 unspecified atom stereocenters. The zero-order chi connectivity index (χ0) is 51.8. The molecule has 0 aliphatic carbocycles. The minimum atomic E-state index is -1.02. The molecule has 0 heterocycles. The van der Waals surface area contributed by atoms with Gasteiger partial charge in [0, 0.05) is 12.1 Å². The second-order valence-electron chi connectivity index (χ2n) is 16.6. The van der Waals surface area contributed by atoms with Gasteiger partial charge in [0.15, 0.2) is 0 Å². The van der Waals surface area contributed by atoms with Crippen molar-refractivity contribution in [3.8, 4) is 34.5 Å². The van der Waals surface area contributed by atoms with Gasteiger partial charge in [-0.15, -0.1) is 0 Å². The molecule has 74 heavy (non-hydrogen) atoms. The van der Waals surface area contributed by atoms with Gasteiger partial charge in [-0.3, -0.25) is 0 Å². The molecule has 0 amide bonds. The van der Waals surface area contributed by atoms with E-state index in [1.807, 2.05) is 24.3 Å². The summed E-state index contributed by atoms with van der Waals surface area (Å²) in [6.45, 7) is 1.03. The fraction of sp³-hybridized carbons (Fsp3) is 0.103. The Hall–Kier alpha value is -9.96. The number of rotatable bonds is 24. The predicted molar refractivity (Wildman–Crippen MR) is 270 cm³/mol. The van der Waals surface area contributed by atoms with Gasteiger partial charge in [0.05, 0.1) is 33.6 Å². The second kappa shape index (κ2) is 24.2. The lowest BCUT2D eigenvalue weighted by atomic mass is 10.1. The maximum atomic E-state index is 11.3. The van der Waals surface area contributed by atoms with Gasteiger partial charge in [-0.25, -0.2) is 19.2 Å². The molecule has 16 nitrogen and oxygen atoms in total. The Morgan fingerprint density at radius 3 is 0.716 bits per heavy atom. The molecular weight excluding hydrogens is 949 g/mol. The van der Waals surface area contributed by atoms with E-state index >= 15 is 0 Å². The van der Waals surface area contributed by atoms with Crippen LogP contribution in [0.25, 0.3) is 0 Å². The van der Waals surface area contributed by atoms with Crippen LogP contribution >= 0.6 is 0 Å². The van der Waals surface area contributed by atoms with E-state index in [1.54, 1.807) is 109 Å². The summed E-state index contributed by atoms with van der Waals surface area (Å²) < 4.78 is 36.6. The summed E-state index contributed by atoms with van der Waals surface area (Å²) in [6, 6.07) is 50.6. The smallest absolute Gasteiger partial charge is 0.335 e. The van der Waals surface area contributed by atoms with Crippen LogP contribution < -0.4 is 28.4 Å². The summed E-state index contributed by atoms with van der Waals surface area (Å²) in [5.74, 6) is -0.922. The third-order valence-corrected chi connectivity index (χ3v) is 11.1. The largest absolute Gasteiger partial charge is 0.489 e. The van der Waals surface area contributed by atoms with Crippen LogP contribution in [0, 0.1) is 0 Å². The summed E-state index contributed by atoms with van der Waals surface area (Å²) in [5.41, 5.74) is 6.45. The Labute approximate surface area is 423 Å². The lowest BCUT2D eigenvalue weighted by molar-refractivity contribution is 0.0686. The molecule has 0 aliphatic heterocycles. The maximum Gasteiger partial charge on any atom is 0.335 e. The molecular formula is C58H46N2O14. The minimum Gasteiger partial charge on any atom is -0.489 e. The highest BCUT2D eigenvalue weighted by Gasteiger charge is 2.12. The van der Waals surface area contributed by atoms with Crippen LogP contribution in [0.4, 0.5) is 11.4 Å². The minimum absolute atomic E-state index is 0.163. The van der Waals surface area contributed by atoms with Crippen LogP contribution in [-0.2, 0) is 39.6 Å². The zero-order valence-electron chi connectivity index (χ0n) is 39.3. The van der Waals surface area contributed by atoms with Crippen LogP contribution in [-0.4, -0.2) is 44.3 Å². The van der Waals surface area contributed by atoms with Gasteiger partial charge in [-0.1, -0.05) is 48.5 Å². The van der Waals surface area contributed by atoms with Crippen molar-refractivity contribution in [2.75, 3.05) is 0 Å². The number of hydrogen-bond donors (Lipinski definition) is 4. The number of hydrogen-bond acceptors (Lipinski definition) is 12. The highest BCUT2D eigenvalue weighted by Crippen LogP contribution is 2.30. The average molecular weight is 995 g/mol. The van der Waals surface area contributed by atoms with Crippen molar-refractivity contribution in [3.63, 3.8) is 0 Å². The summed E-state index contributed by atoms with van der Waals surface area (Å²) in [4.78, 5) is 45.2. The number of nitrogens with zero attached hydrogens (tertiary/aromatic N) is 2. The molecule has 0 bridgehead atoms. The first-order valence-corrected chi connectivity index (χ1v) is 22.8. The third-order valence-electron chi connectivity index (χ3n) is 11.1. The number of aromatic carboxylic acids is 4. The SMILES string of the molecule is O=C(O)c1ccc(COc2cc(COc3ccc(N=Nc4ccc(OCc5cc(OCc6ccc(C(=O)O)cc6)cc(OCc6ccc(C(=O)O)cc6)c5)cc4)cc3)cc(OCc3ccc(C(=O)O)cc3)c2)cc1. The van der Waals surface area contributed by atoms with Crippen molar-refractivity contribution in [1.82, 2.24) is 0 Å². The van der Waals surface area contributed by atoms with E-state index < -0.39 is 23.9 Å². The van der Waals surface area contributed by atoms with Crippen LogP contribution in [0.2, 0.25) is 0 Å². The Morgan fingerprint density at radius 1 is 0.270 bits per heavy atom. The fourth-order valence-electron chi connectivity index (χ4n) is 7.07. The van der Waals surface area contributed by atoms with Crippen molar-refractivity contribution in [3.05, 3.63) is 238 Å². The van der Waals surface area contributed by atoms with Crippen molar-refractivity contribution in [2.45, 2.75) is 39.6 Å². The van der Waals surface area contributed by atoms with E-state index in [1.165, 1.54) is 48.5 Å². The molecule has 8 rings (SSSR count). The van der Waals surface area contributed by atoms with Crippen molar-refractivity contribution < 1.29 is 68.0 Å². The van der Waals surface area contributed by atoms with Crippen LogP contribution in [0.5, 0.6) is 34.5 Å². The van der Waals surface area contributed by atoms with Crippen LogP contribution in [0.1, 0.15) is 74.8 Å². The zero-order valence-corrected chi connectivity index (χ0v) is 39.3. The molecule has 8 aromatic rings. The Kier molecular flexibility index (Phi) is 16.5. The standard InChI is InChI=1S/C58H46N2O14/c61-55(62)43-9-1-37(2-10-43)31-71-51-25-41(26-52(29-51)72-32-38-3-11-44(12-4-38)56(63)64)35-69-49-21-17-47(18-22-49)59-60-48-19-23-50(24-20-48)70-36-42-27-53(73-33-39-5-13-45(14-6-39)57(65)66)30-54(28-42)74-34-40-7-15-46(16-8-40)58(67)68/h1-30H,31-36H2,(H,61,62)(H,63,64)(H,65,66)(H,67,68). The van der Waals surface area contributed by atoms with Gasteiger partial charge in [0.2, 0.25) is 0 Å². The normalized spacial score (nSPS) is 10.9. The lowest BCUT2D eigenvalue weighted by Crippen LogP contribution is -2.02. The molecule has 4 N–H and O–H groups in total. The molecule has 0 saturated heterocycles. The average Bonchev–Trinajstić information content (AvgIpc) is 3.42. The number of benzene rings is 8. The van der Waals surface area contributed by atoms with E-state index in [4.69, 9.17) is 28.4 Å². The molecule has 0 saturated carbocycles. The van der Waals surface area contributed by atoms with E-state index in [2.05, 4.69) is 10.2 Å². The Balaban J connectivity index is 0.867. The summed E-state index contributed by atoms with van der Waals surface area (Å²) in [5, 5.41) is 45.8. The molecule has 0 spiro atoms. The Morgan fingerprint density at radius 2 is 0.486 bits per heavy atom. The predicted octanol–water partition coefficient (Wildman–Crippen LogP) is 12.4. The number of azo groups is 1. The van der Waals surface area contributed by atoms with Gasteiger partial charge >= 0.3 is 23.9 Å². The number of carboxylic acids is 4. The molecule has 372 valence electrons. The van der Waals surface area contributed by atoms with Crippen LogP contribution in [0.15, 0.2) is 192 Å². The third kappa shape index (κ3) is 14.8. The number of ether oxygens (including phenoxy) is 6. The molecule has 0 atom stereocenters. The Bertz CT molecular complexity index is 2870. The van der Waals surface area contributed by atoms with Gasteiger partial charge in [0.1, 0.15) is 74.1 Å². The van der Waals surface area contributed by atoms with Gasteiger partial charge in [-0.05, 0) is 155 Å². The maximum absolute atomic E-state index is 11.3. The second-order valence-corrected chi connectivity index (χ2v) is 16.6. The topological polar surface area (TPSA) is 229 Å². The first-order chi connectivity index (χ1) is 35.9. The van der Waals surface area contributed by atoms with Gasteiger partial charge in [0.25, 0.3) is 0 Å². The van der Waals surface area contributed by atoms with Gasteiger partial charge < -0.3 is 48.8 Å². The highest BCUT2D eigenvalue weighted by atomic mass is 16.5. The number of carboxylic acid groups (broad SMARTS) is 4. The summed E-state index contributed by atoms with van der Waals surface area (Å²) in [7, 11) is 0. The first kappa shape index (κ1) is 50.4.